The molecule has 9 atom stereocenters. The Hall–Kier alpha value is -0.670. The first-order chi connectivity index (χ1) is 15.7. The first-order valence-electron chi connectivity index (χ1n) is 11.1. The number of aliphatic hydroxyl groups is 3. The molecule has 0 spiro atoms. The van der Waals surface area contributed by atoms with Crippen molar-refractivity contribution in [2.45, 2.75) is 84.6 Å². The molecule has 0 saturated carbocycles. The van der Waals surface area contributed by atoms with Crippen LogP contribution < -0.4 is 11.1 Å². The summed E-state index contributed by atoms with van der Waals surface area (Å²) < 4.78 is 6.64. The third kappa shape index (κ3) is 6.31. The van der Waals surface area contributed by atoms with Crippen LogP contribution in [0.1, 0.15) is 33.1 Å². The van der Waals surface area contributed by atoms with Crippen LogP contribution in [0.4, 0.5) is 5.13 Å². The number of nitrogens with one attached hydrogen (secondary N) is 1. The summed E-state index contributed by atoms with van der Waals surface area (Å²) in [6.45, 7) is 4.91. The normalized spacial score (nSPS) is 34.8. The molecule has 0 aliphatic carbocycles. The van der Waals surface area contributed by atoms with Gasteiger partial charge in [0, 0.05) is 11.8 Å². The Morgan fingerprint density at radius 1 is 1.33 bits per heavy atom. The van der Waals surface area contributed by atoms with E-state index in [0.29, 0.717) is 15.4 Å². The molecule has 3 heterocycles. The summed E-state index contributed by atoms with van der Waals surface area (Å²) in [5.41, 5.74) is 4.98. The number of aliphatic hydroxyl groups excluding tert-OH is 3. The van der Waals surface area contributed by atoms with Gasteiger partial charge < -0.3 is 31.1 Å². The van der Waals surface area contributed by atoms with Gasteiger partial charge in [0.2, 0.25) is 11.0 Å². The lowest BCUT2D eigenvalue weighted by molar-refractivity contribution is -0.205. The lowest BCUT2D eigenvalue weighted by Gasteiger charge is -2.44. The number of nitrogen functional groups attached to an aromatic ring is 1. The first-order valence-corrected chi connectivity index (χ1v) is 14.1. The Kier molecular flexibility index (Phi) is 9.66. The number of hydrogen-bond acceptors (Lipinski definition) is 12. The molecule has 10 nitrogen and oxygen atoms in total. The number of amides is 1. The highest BCUT2D eigenvalue weighted by molar-refractivity contribution is 8.01. The number of likely N-dealkylation sites (tertiary alicyclic amines) is 1. The molecule has 1 aromatic heterocycles. The summed E-state index contributed by atoms with van der Waals surface area (Å²) in [7, 11) is 1.95. The zero-order valence-electron chi connectivity index (χ0n) is 19.3. The van der Waals surface area contributed by atoms with Crippen LogP contribution in [0.25, 0.3) is 0 Å². The molecule has 1 amide bonds. The summed E-state index contributed by atoms with van der Waals surface area (Å²) in [5, 5.41) is 42.6. The molecule has 0 unspecified atom stereocenters. The SMILES string of the molecule is CCC[C@@H]1C[C@@H](C(=O)N[C@@H]([C@H]2O[C@H](SC)[C@H](O)[C@@H](O)[C@H]2O)[C@H](C)Sc2nnc(N)s2)N(C)C1. The van der Waals surface area contributed by atoms with Crippen molar-refractivity contribution in [3.63, 3.8) is 0 Å². The summed E-state index contributed by atoms with van der Waals surface area (Å²) in [6.07, 6.45) is -0.228. The fraction of sp³-hybridized carbons (Fsp3) is 0.850. The molecular formula is C20H35N5O5S3. The van der Waals surface area contributed by atoms with Gasteiger partial charge in [-0.15, -0.1) is 22.0 Å². The van der Waals surface area contributed by atoms with Gasteiger partial charge in [0.15, 0.2) is 4.34 Å². The average Bonchev–Trinajstić information content (AvgIpc) is 3.35. The summed E-state index contributed by atoms with van der Waals surface area (Å²) in [4.78, 5) is 15.4. The maximum absolute atomic E-state index is 13.4. The predicted octanol–water partition coefficient (Wildman–Crippen LogP) is 0.377. The number of aromatic nitrogens is 2. The van der Waals surface area contributed by atoms with Crippen LogP contribution in [0.5, 0.6) is 0 Å². The monoisotopic (exact) mass is 521 g/mol. The van der Waals surface area contributed by atoms with Gasteiger partial charge in [0.25, 0.3) is 0 Å². The van der Waals surface area contributed by atoms with E-state index < -0.39 is 35.9 Å². The van der Waals surface area contributed by atoms with Crippen molar-refractivity contribution in [3.8, 4) is 0 Å². The lowest BCUT2D eigenvalue weighted by atomic mass is 9.92. The van der Waals surface area contributed by atoms with Crippen molar-refractivity contribution in [2.75, 3.05) is 25.6 Å². The van der Waals surface area contributed by atoms with E-state index in [0.717, 1.165) is 25.8 Å². The van der Waals surface area contributed by atoms with E-state index in [1.54, 1.807) is 6.26 Å². The van der Waals surface area contributed by atoms with Crippen LogP contribution in [0.3, 0.4) is 0 Å². The van der Waals surface area contributed by atoms with Crippen LogP contribution in [0, 0.1) is 5.92 Å². The molecule has 3 rings (SSSR count). The minimum absolute atomic E-state index is 0.137. The minimum Gasteiger partial charge on any atom is -0.388 e. The Labute approximate surface area is 207 Å². The molecule has 0 aromatic carbocycles. The average molecular weight is 522 g/mol. The number of carbonyl (C=O) groups excluding carboxylic acids is 1. The molecule has 0 radical (unpaired) electrons. The number of rotatable bonds is 9. The number of anilines is 1. The Balaban J connectivity index is 1.81. The van der Waals surface area contributed by atoms with E-state index in [9.17, 15) is 20.1 Å². The summed E-state index contributed by atoms with van der Waals surface area (Å²) in [6, 6.07) is -0.927. The minimum atomic E-state index is -1.39. The van der Waals surface area contributed by atoms with Crippen molar-refractivity contribution in [1.82, 2.24) is 20.4 Å². The van der Waals surface area contributed by atoms with Gasteiger partial charge in [0.05, 0.1) is 12.1 Å². The van der Waals surface area contributed by atoms with Gasteiger partial charge in [-0.05, 0) is 32.1 Å². The van der Waals surface area contributed by atoms with E-state index in [-0.39, 0.29) is 17.2 Å². The van der Waals surface area contributed by atoms with Crippen LogP contribution >= 0.6 is 34.9 Å². The van der Waals surface area contributed by atoms with Crippen LogP contribution in [0.2, 0.25) is 0 Å². The van der Waals surface area contributed by atoms with Crippen molar-refractivity contribution >= 4 is 45.9 Å². The van der Waals surface area contributed by atoms with Crippen LogP contribution in [-0.2, 0) is 9.53 Å². The Morgan fingerprint density at radius 2 is 2.06 bits per heavy atom. The number of hydrogen-bond donors (Lipinski definition) is 5. The van der Waals surface area contributed by atoms with Crippen LogP contribution in [0.15, 0.2) is 4.34 Å². The topological polar surface area (TPSA) is 154 Å². The third-order valence-corrected chi connectivity index (χ3v) is 9.24. The number of nitrogens with two attached hydrogens (primary N) is 1. The summed E-state index contributed by atoms with van der Waals surface area (Å²) in [5.74, 6) is 0.335. The molecule has 2 saturated heterocycles. The molecular weight excluding hydrogens is 486 g/mol. The number of nitrogens with zero attached hydrogens (tertiary/aromatic N) is 3. The number of thioether (sulfide) groups is 2. The highest BCUT2D eigenvalue weighted by Crippen LogP contribution is 2.35. The first kappa shape index (κ1) is 26.9. The molecule has 0 bridgehead atoms. The van der Waals surface area contributed by atoms with Gasteiger partial charge in [-0.1, -0.05) is 43.4 Å². The Morgan fingerprint density at radius 3 is 2.67 bits per heavy atom. The zero-order chi connectivity index (χ0) is 24.3. The fourth-order valence-electron chi connectivity index (χ4n) is 4.62. The molecule has 33 heavy (non-hydrogen) atoms. The van der Waals surface area contributed by atoms with E-state index in [1.807, 2.05) is 14.0 Å². The molecule has 13 heteroatoms. The largest absolute Gasteiger partial charge is 0.388 e. The third-order valence-electron chi connectivity index (χ3n) is 6.35. The maximum Gasteiger partial charge on any atom is 0.237 e. The van der Waals surface area contributed by atoms with Crippen molar-refractivity contribution in [3.05, 3.63) is 0 Å². The van der Waals surface area contributed by atoms with Gasteiger partial charge in [-0.2, -0.15) is 0 Å². The van der Waals surface area contributed by atoms with Crippen molar-refractivity contribution < 1.29 is 24.9 Å². The smallest absolute Gasteiger partial charge is 0.237 e. The summed E-state index contributed by atoms with van der Waals surface area (Å²) >= 11 is 3.85. The zero-order valence-corrected chi connectivity index (χ0v) is 21.8. The molecule has 188 valence electrons. The molecule has 2 aliphatic rings. The van der Waals surface area contributed by atoms with Gasteiger partial charge >= 0.3 is 0 Å². The fourth-order valence-corrected chi connectivity index (χ4v) is 7.32. The van der Waals surface area contributed by atoms with Gasteiger partial charge in [-0.25, -0.2) is 0 Å². The van der Waals surface area contributed by atoms with Gasteiger partial charge in [0.1, 0.15) is 29.9 Å². The van der Waals surface area contributed by atoms with Crippen molar-refractivity contribution in [1.29, 1.82) is 0 Å². The van der Waals surface area contributed by atoms with Crippen molar-refractivity contribution in [2.24, 2.45) is 5.92 Å². The number of likely N-dealkylation sites (N-methyl/N-ethyl adjacent to an activating group) is 1. The van der Waals surface area contributed by atoms with E-state index in [4.69, 9.17) is 10.5 Å². The second kappa shape index (κ2) is 11.8. The lowest BCUT2D eigenvalue weighted by Crippen LogP contribution is -2.65. The maximum atomic E-state index is 13.4. The van der Waals surface area contributed by atoms with E-state index in [1.165, 1.54) is 34.9 Å². The molecule has 2 fully saturated rings. The highest BCUT2D eigenvalue weighted by Gasteiger charge is 2.49. The van der Waals surface area contributed by atoms with Crippen LogP contribution in [-0.4, -0.2) is 103 Å². The van der Waals surface area contributed by atoms with E-state index >= 15 is 0 Å². The standard InChI is InChI=1S/C20H35N5O5S3/c1-5-6-10-7-11(25(3)8-10)17(29)22-12(9(2)32-20-24-23-19(21)33-20)16-14(27)13(26)15(28)18(30-16)31-4/h9-16,18,26-28H,5-8H2,1-4H3,(H2,21,23)(H,22,29)/t9-,10+,11-,12+,13-,14+,15+,16+,18+/m0/s1. The number of carbonyl (C=O) groups is 1. The second-order valence-electron chi connectivity index (χ2n) is 8.79. The van der Waals surface area contributed by atoms with E-state index in [2.05, 4.69) is 27.3 Å². The highest BCUT2D eigenvalue weighted by atomic mass is 32.2. The molecule has 6 N–H and O–H groups in total. The second-order valence-corrected chi connectivity index (χ2v) is 12.4. The quantitative estimate of drug-likeness (QED) is 0.286. The predicted molar refractivity (Wildman–Crippen MR) is 131 cm³/mol. The van der Waals surface area contributed by atoms with Gasteiger partial charge in [-0.3, -0.25) is 9.69 Å². The number of ether oxygens (including phenoxy) is 1. The molecule has 1 aromatic rings. The molecule has 2 aliphatic heterocycles. The Bertz CT molecular complexity index is 787.